The second-order valence-corrected chi connectivity index (χ2v) is 10.6. The predicted octanol–water partition coefficient (Wildman–Crippen LogP) is 6.93. The number of aryl methyl sites for hydroxylation is 1. The molecule has 0 unspecified atom stereocenters. The highest BCUT2D eigenvalue weighted by Gasteiger charge is 2.33. The number of benzene rings is 3. The number of hydrogen-bond donors (Lipinski definition) is 1. The van der Waals surface area contributed by atoms with E-state index < -0.39 is 12.4 Å². The fourth-order valence-corrected chi connectivity index (χ4v) is 5.14. The summed E-state index contributed by atoms with van der Waals surface area (Å²) in [6.07, 6.45) is -3.33. The summed E-state index contributed by atoms with van der Waals surface area (Å²) in [5.41, 5.74) is 4.34. The third-order valence-corrected chi connectivity index (χ3v) is 7.16. The molecule has 0 spiro atoms. The molecular formula is C29H25F3N6O3S. The number of ether oxygens (including phenoxy) is 1. The number of amidine groups is 1. The first kappa shape index (κ1) is 28.9. The number of alkyl halides is 3. The SMILES string of the molecule is Cc1ccc(C(C)C)c(N2C(=O)CS/C2=N\C(=O)Nc2ccc(-c3ncn(-c4ccc(OC(F)(F)F)cc4)n3)cc2)c1. The third-order valence-electron chi connectivity index (χ3n) is 6.23. The molecule has 3 amide bonds. The van der Waals surface area contributed by atoms with Gasteiger partial charge in [-0.15, -0.1) is 18.3 Å². The van der Waals surface area contributed by atoms with Crippen molar-refractivity contribution in [3.63, 3.8) is 0 Å². The number of carbonyl (C=O) groups is 2. The highest BCUT2D eigenvalue weighted by atomic mass is 32.2. The summed E-state index contributed by atoms with van der Waals surface area (Å²) in [6.45, 7) is 6.04. The Labute approximate surface area is 243 Å². The van der Waals surface area contributed by atoms with Crippen LogP contribution < -0.4 is 15.0 Å². The molecule has 42 heavy (non-hydrogen) atoms. The van der Waals surface area contributed by atoms with Crippen molar-refractivity contribution in [3.8, 4) is 22.8 Å². The Morgan fingerprint density at radius 3 is 2.45 bits per heavy atom. The summed E-state index contributed by atoms with van der Waals surface area (Å²) in [6, 6.07) is 17.3. The average molecular weight is 595 g/mol. The van der Waals surface area contributed by atoms with Crippen molar-refractivity contribution < 1.29 is 27.5 Å². The summed E-state index contributed by atoms with van der Waals surface area (Å²) >= 11 is 1.21. The van der Waals surface area contributed by atoms with E-state index in [4.69, 9.17) is 0 Å². The minimum absolute atomic E-state index is 0.138. The number of nitrogens with one attached hydrogen (secondary N) is 1. The van der Waals surface area contributed by atoms with E-state index in [1.54, 1.807) is 24.3 Å². The van der Waals surface area contributed by atoms with Crippen LogP contribution >= 0.6 is 11.8 Å². The Kier molecular flexibility index (Phi) is 8.03. The number of thioether (sulfide) groups is 1. The first-order valence-corrected chi connectivity index (χ1v) is 13.8. The average Bonchev–Trinajstić information content (AvgIpc) is 3.55. The van der Waals surface area contributed by atoms with Crippen LogP contribution in [0, 0.1) is 6.92 Å². The maximum Gasteiger partial charge on any atom is 0.573 e. The van der Waals surface area contributed by atoms with Gasteiger partial charge in [-0.05, 0) is 78.6 Å². The third kappa shape index (κ3) is 6.62. The van der Waals surface area contributed by atoms with Gasteiger partial charge in [0.25, 0.3) is 0 Å². The van der Waals surface area contributed by atoms with Crippen molar-refractivity contribution >= 4 is 40.2 Å². The van der Waals surface area contributed by atoms with E-state index >= 15 is 0 Å². The molecule has 216 valence electrons. The zero-order valence-corrected chi connectivity index (χ0v) is 23.5. The number of urea groups is 1. The molecule has 13 heteroatoms. The van der Waals surface area contributed by atoms with E-state index in [1.807, 2.05) is 39.0 Å². The predicted molar refractivity (Wildman–Crippen MR) is 155 cm³/mol. The molecule has 0 aliphatic carbocycles. The molecule has 3 aromatic carbocycles. The number of aliphatic imine (C=N–C) groups is 1. The van der Waals surface area contributed by atoms with Crippen molar-refractivity contribution in [2.45, 2.75) is 33.1 Å². The number of halogens is 3. The van der Waals surface area contributed by atoms with Gasteiger partial charge in [0.05, 0.1) is 17.1 Å². The minimum atomic E-state index is -4.77. The molecule has 2 heterocycles. The largest absolute Gasteiger partial charge is 0.573 e. The number of nitrogens with zero attached hydrogens (tertiary/aromatic N) is 5. The van der Waals surface area contributed by atoms with Crippen molar-refractivity contribution in [2.24, 2.45) is 4.99 Å². The van der Waals surface area contributed by atoms with Gasteiger partial charge in [-0.3, -0.25) is 9.69 Å². The van der Waals surface area contributed by atoms with E-state index in [0.29, 0.717) is 27.9 Å². The van der Waals surface area contributed by atoms with Gasteiger partial charge in [-0.1, -0.05) is 37.7 Å². The molecule has 0 atom stereocenters. The quantitative estimate of drug-likeness (QED) is 0.260. The maximum atomic E-state index is 12.8. The maximum absolute atomic E-state index is 12.8. The second kappa shape index (κ2) is 11.7. The summed E-state index contributed by atoms with van der Waals surface area (Å²) in [5.74, 6) is 0.264. The van der Waals surface area contributed by atoms with Gasteiger partial charge in [-0.2, -0.15) is 4.99 Å². The molecule has 1 fully saturated rings. The van der Waals surface area contributed by atoms with E-state index in [9.17, 15) is 22.8 Å². The summed E-state index contributed by atoms with van der Waals surface area (Å²) in [4.78, 5) is 35.5. The number of aromatic nitrogens is 3. The van der Waals surface area contributed by atoms with Crippen LogP contribution in [0.3, 0.4) is 0 Å². The van der Waals surface area contributed by atoms with Crippen molar-refractivity contribution in [3.05, 3.63) is 84.2 Å². The van der Waals surface area contributed by atoms with Crippen LogP contribution in [0.1, 0.15) is 30.9 Å². The lowest BCUT2D eigenvalue weighted by molar-refractivity contribution is -0.274. The molecule has 0 bridgehead atoms. The molecule has 1 aliphatic heterocycles. The molecule has 1 saturated heterocycles. The Morgan fingerprint density at radius 2 is 1.79 bits per heavy atom. The summed E-state index contributed by atoms with van der Waals surface area (Å²) < 4.78 is 42.5. The van der Waals surface area contributed by atoms with Crippen LogP contribution in [0.25, 0.3) is 17.1 Å². The highest BCUT2D eigenvalue weighted by Crippen LogP contribution is 2.34. The molecule has 1 N–H and O–H groups in total. The van der Waals surface area contributed by atoms with E-state index in [1.165, 1.54) is 51.9 Å². The number of rotatable bonds is 6. The lowest BCUT2D eigenvalue weighted by Crippen LogP contribution is -2.31. The van der Waals surface area contributed by atoms with Gasteiger partial charge in [0.1, 0.15) is 12.1 Å². The van der Waals surface area contributed by atoms with Crippen LogP contribution in [-0.4, -0.2) is 44.0 Å². The Balaban J connectivity index is 1.27. The molecular weight excluding hydrogens is 569 g/mol. The first-order chi connectivity index (χ1) is 20.0. The van der Waals surface area contributed by atoms with Gasteiger partial charge in [0.2, 0.25) is 5.91 Å². The zero-order chi connectivity index (χ0) is 30.0. The minimum Gasteiger partial charge on any atom is -0.406 e. The fraction of sp³-hybridized carbons (Fsp3) is 0.207. The van der Waals surface area contributed by atoms with Gasteiger partial charge in [0.15, 0.2) is 11.0 Å². The second-order valence-electron chi connectivity index (χ2n) is 9.69. The zero-order valence-electron chi connectivity index (χ0n) is 22.7. The standard InChI is InChI=1S/C29H25F3N6O3S/c1-17(2)23-13-4-18(3)14-24(23)38-25(39)15-42-28(38)35-27(40)34-20-7-5-19(6-8-20)26-33-16-37(36-26)21-9-11-22(12-10-21)41-29(30,31)32/h4-14,16-17H,15H2,1-3H3,(H,34,40)/b35-28-. The summed E-state index contributed by atoms with van der Waals surface area (Å²) in [7, 11) is 0. The van der Waals surface area contributed by atoms with E-state index in [2.05, 4.69) is 25.1 Å². The fourth-order valence-electron chi connectivity index (χ4n) is 4.28. The normalized spacial score (nSPS) is 14.6. The van der Waals surface area contributed by atoms with Gasteiger partial charge < -0.3 is 10.1 Å². The monoisotopic (exact) mass is 594 g/mol. The van der Waals surface area contributed by atoms with Crippen molar-refractivity contribution in [2.75, 3.05) is 16.0 Å². The van der Waals surface area contributed by atoms with Crippen LogP contribution in [0.5, 0.6) is 5.75 Å². The molecule has 1 aliphatic rings. The van der Waals surface area contributed by atoms with Crippen LogP contribution in [0.4, 0.5) is 29.3 Å². The van der Waals surface area contributed by atoms with Crippen LogP contribution in [0.2, 0.25) is 0 Å². The Hall–Kier alpha value is -4.65. The van der Waals surface area contributed by atoms with Crippen molar-refractivity contribution in [1.82, 2.24) is 14.8 Å². The number of amides is 3. The number of carbonyl (C=O) groups excluding carboxylic acids is 2. The molecule has 5 rings (SSSR count). The molecule has 0 radical (unpaired) electrons. The first-order valence-electron chi connectivity index (χ1n) is 12.8. The number of hydrogen-bond acceptors (Lipinski definition) is 6. The van der Waals surface area contributed by atoms with Crippen LogP contribution in [-0.2, 0) is 4.79 Å². The molecule has 9 nitrogen and oxygen atoms in total. The Morgan fingerprint density at radius 1 is 1.07 bits per heavy atom. The van der Waals surface area contributed by atoms with Gasteiger partial charge in [0, 0.05) is 11.3 Å². The number of anilines is 2. The van der Waals surface area contributed by atoms with Gasteiger partial charge in [-0.25, -0.2) is 14.5 Å². The van der Waals surface area contributed by atoms with Crippen LogP contribution in [0.15, 0.2) is 78.0 Å². The smallest absolute Gasteiger partial charge is 0.406 e. The lowest BCUT2D eigenvalue weighted by atomic mass is 9.99. The molecule has 4 aromatic rings. The van der Waals surface area contributed by atoms with Crippen molar-refractivity contribution in [1.29, 1.82) is 0 Å². The Bertz CT molecular complexity index is 1650. The molecule has 1 aromatic heterocycles. The lowest BCUT2D eigenvalue weighted by Gasteiger charge is -2.22. The topological polar surface area (TPSA) is 102 Å². The van der Waals surface area contributed by atoms with E-state index in [0.717, 1.165) is 16.8 Å². The summed E-state index contributed by atoms with van der Waals surface area (Å²) in [5, 5.41) is 7.41. The molecule has 0 saturated carbocycles. The highest BCUT2D eigenvalue weighted by molar-refractivity contribution is 8.15. The van der Waals surface area contributed by atoms with E-state index in [-0.39, 0.29) is 23.3 Å². The van der Waals surface area contributed by atoms with Gasteiger partial charge >= 0.3 is 12.4 Å².